The molecule has 0 atom stereocenters. The van der Waals surface area contributed by atoms with Gasteiger partial charge in [-0.3, -0.25) is 9.78 Å². The Kier molecular flexibility index (Phi) is 3.89. The van der Waals surface area contributed by atoms with Gasteiger partial charge >= 0.3 is 0 Å². The summed E-state index contributed by atoms with van der Waals surface area (Å²) in [5, 5.41) is 0.403. The molecule has 0 fully saturated rings. The summed E-state index contributed by atoms with van der Waals surface area (Å²) in [6.07, 6.45) is 3.98. The Bertz CT molecular complexity index is 328. The lowest BCUT2D eigenvalue weighted by molar-refractivity contribution is 0.0795. The lowest BCUT2D eigenvalue weighted by Crippen LogP contribution is -2.27. The van der Waals surface area contributed by atoms with E-state index < -0.39 is 0 Å². The summed E-state index contributed by atoms with van der Waals surface area (Å²) in [7, 11) is 1.77. The third-order valence-corrected chi connectivity index (χ3v) is 2.21. The van der Waals surface area contributed by atoms with Crippen LogP contribution in [0.2, 0.25) is 5.02 Å². The molecule has 14 heavy (non-hydrogen) atoms. The minimum Gasteiger partial charge on any atom is -0.342 e. The van der Waals surface area contributed by atoms with Gasteiger partial charge in [-0.15, -0.1) is 0 Å². The van der Waals surface area contributed by atoms with Crippen LogP contribution in [0.3, 0.4) is 0 Å². The van der Waals surface area contributed by atoms with Gasteiger partial charge in [0.1, 0.15) is 0 Å². The van der Waals surface area contributed by atoms with Crippen molar-refractivity contribution in [1.82, 2.24) is 9.88 Å². The lowest BCUT2D eigenvalue weighted by Gasteiger charge is -2.16. The quantitative estimate of drug-likeness (QED) is 0.770. The van der Waals surface area contributed by atoms with Gasteiger partial charge in [0.15, 0.2) is 0 Å². The second kappa shape index (κ2) is 4.96. The summed E-state index contributed by atoms with van der Waals surface area (Å²) >= 11 is 5.85. The number of halogens is 1. The Balaban J connectivity index is 2.84. The standard InChI is InChI=1S/C10H13ClN2O/c1-3-6-13(2)10(14)8-4-5-12-7-9(8)11/h4-5,7H,3,6H2,1-2H3. The molecule has 4 heteroatoms. The summed E-state index contributed by atoms with van der Waals surface area (Å²) in [6, 6.07) is 1.64. The normalized spacial score (nSPS) is 9.93. The fourth-order valence-corrected chi connectivity index (χ4v) is 1.39. The number of rotatable bonds is 3. The smallest absolute Gasteiger partial charge is 0.255 e. The minimum absolute atomic E-state index is 0.0562. The van der Waals surface area contributed by atoms with Gasteiger partial charge in [0, 0.05) is 26.0 Å². The van der Waals surface area contributed by atoms with Crippen LogP contribution in [0.4, 0.5) is 0 Å². The van der Waals surface area contributed by atoms with Gasteiger partial charge in [-0.25, -0.2) is 0 Å². The first kappa shape index (κ1) is 11.0. The first-order valence-corrected chi connectivity index (χ1v) is 4.89. The van der Waals surface area contributed by atoms with Gasteiger partial charge in [-0.05, 0) is 12.5 Å². The van der Waals surface area contributed by atoms with Gasteiger partial charge in [0.2, 0.25) is 0 Å². The highest BCUT2D eigenvalue weighted by Gasteiger charge is 2.13. The van der Waals surface area contributed by atoms with E-state index in [1.54, 1.807) is 24.2 Å². The Morgan fingerprint density at radius 2 is 2.36 bits per heavy atom. The van der Waals surface area contributed by atoms with Gasteiger partial charge < -0.3 is 4.90 Å². The van der Waals surface area contributed by atoms with Crippen molar-refractivity contribution < 1.29 is 4.79 Å². The van der Waals surface area contributed by atoms with E-state index >= 15 is 0 Å². The van der Waals surface area contributed by atoms with Crippen LogP contribution in [0, 0.1) is 0 Å². The van der Waals surface area contributed by atoms with E-state index in [1.165, 1.54) is 6.20 Å². The molecule has 0 bridgehead atoms. The zero-order valence-corrected chi connectivity index (χ0v) is 9.08. The largest absolute Gasteiger partial charge is 0.342 e. The Morgan fingerprint density at radius 3 is 2.93 bits per heavy atom. The summed E-state index contributed by atoms with van der Waals surface area (Å²) in [4.78, 5) is 17.3. The van der Waals surface area contributed by atoms with E-state index in [-0.39, 0.29) is 5.91 Å². The first-order chi connectivity index (χ1) is 6.66. The molecule has 0 aromatic carbocycles. The predicted octanol–water partition coefficient (Wildman–Crippen LogP) is 2.22. The number of hydrogen-bond donors (Lipinski definition) is 0. The molecular formula is C10H13ClN2O. The molecule has 0 saturated heterocycles. The van der Waals surface area contributed by atoms with E-state index in [4.69, 9.17) is 11.6 Å². The first-order valence-electron chi connectivity index (χ1n) is 4.51. The van der Waals surface area contributed by atoms with Crippen LogP contribution in [-0.2, 0) is 0 Å². The molecule has 0 spiro atoms. The monoisotopic (exact) mass is 212 g/mol. The molecule has 0 N–H and O–H groups in total. The summed E-state index contributed by atoms with van der Waals surface area (Å²) in [5.41, 5.74) is 0.512. The van der Waals surface area contributed by atoms with E-state index in [9.17, 15) is 4.79 Å². The zero-order valence-electron chi connectivity index (χ0n) is 8.33. The average Bonchev–Trinajstić information content (AvgIpc) is 2.18. The minimum atomic E-state index is -0.0562. The molecule has 1 aromatic rings. The van der Waals surface area contributed by atoms with Crippen molar-refractivity contribution >= 4 is 17.5 Å². The highest BCUT2D eigenvalue weighted by atomic mass is 35.5. The van der Waals surface area contributed by atoms with E-state index in [0.717, 1.165) is 13.0 Å². The van der Waals surface area contributed by atoms with Crippen LogP contribution < -0.4 is 0 Å². The highest BCUT2D eigenvalue weighted by molar-refractivity contribution is 6.33. The molecule has 0 saturated carbocycles. The Hall–Kier alpha value is -1.09. The molecule has 3 nitrogen and oxygen atoms in total. The summed E-state index contributed by atoms with van der Waals surface area (Å²) < 4.78 is 0. The maximum Gasteiger partial charge on any atom is 0.255 e. The maximum atomic E-state index is 11.8. The van der Waals surface area contributed by atoms with Crippen molar-refractivity contribution in [3.8, 4) is 0 Å². The molecule has 1 rings (SSSR count). The molecular weight excluding hydrogens is 200 g/mol. The Labute approximate surface area is 88.7 Å². The average molecular weight is 213 g/mol. The van der Waals surface area contributed by atoms with Crippen LogP contribution in [0.25, 0.3) is 0 Å². The highest BCUT2D eigenvalue weighted by Crippen LogP contribution is 2.15. The van der Waals surface area contributed by atoms with Crippen LogP contribution in [0.15, 0.2) is 18.5 Å². The molecule has 1 heterocycles. The number of amides is 1. The van der Waals surface area contributed by atoms with E-state index in [2.05, 4.69) is 4.98 Å². The van der Waals surface area contributed by atoms with E-state index in [1.807, 2.05) is 6.92 Å². The molecule has 0 aliphatic carbocycles. The number of pyridine rings is 1. The molecule has 1 amide bonds. The third kappa shape index (κ3) is 2.45. The lowest BCUT2D eigenvalue weighted by atomic mass is 10.2. The fourth-order valence-electron chi connectivity index (χ4n) is 1.19. The molecule has 76 valence electrons. The predicted molar refractivity (Wildman–Crippen MR) is 56.5 cm³/mol. The van der Waals surface area contributed by atoms with Gasteiger partial charge in [0.05, 0.1) is 10.6 Å². The van der Waals surface area contributed by atoms with Gasteiger partial charge in [0.25, 0.3) is 5.91 Å². The zero-order chi connectivity index (χ0) is 10.6. The van der Waals surface area contributed by atoms with Gasteiger partial charge in [-0.2, -0.15) is 0 Å². The van der Waals surface area contributed by atoms with Crippen molar-refractivity contribution in [1.29, 1.82) is 0 Å². The van der Waals surface area contributed by atoms with Gasteiger partial charge in [-0.1, -0.05) is 18.5 Å². The fraction of sp³-hybridized carbons (Fsp3) is 0.400. The summed E-state index contributed by atoms with van der Waals surface area (Å²) in [6.45, 7) is 2.76. The van der Waals surface area contributed by atoms with Crippen molar-refractivity contribution in [3.63, 3.8) is 0 Å². The number of carbonyl (C=O) groups excluding carboxylic acids is 1. The van der Waals surface area contributed by atoms with Crippen molar-refractivity contribution in [2.24, 2.45) is 0 Å². The van der Waals surface area contributed by atoms with Crippen LogP contribution in [0.5, 0.6) is 0 Å². The molecule has 1 aromatic heterocycles. The molecule has 0 unspecified atom stereocenters. The Morgan fingerprint density at radius 1 is 1.64 bits per heavy atom. The second-order valence-corrected chi connectivity index (χ2v) is 3.49. The topological polar surface area (TPSA) is 33.2 Å². The van der Waals surface area contributed by atoms with Crippen molar-refractivity contribution in [2.45, 2.75) is 13.3 Å². The van der Waals surface area contributed by atoms with Crippen molar-refractivity contribution in [3.05, 3.63) is 29.0 Å². The molecule has 0 aliphatic heterocycles. The van der Waals surface area contributed by atoms with Crippen LogP contribution in [0.1, 0.15) is 23.7 Å². The number of hydrogen-bond acceptors (Lipinski definition) is 2. The SMILES string of the molecule is CCCN(C)C(=O)c1ccncc1Cl. The molecule has 0 radical (unpaired) electrons. The van der Waals surface area contributed by atoms with Crippen LogP contribution >= 0.6 is 11.6 Å². The maximum absolute atomic E-state index is 11.8. The third-order valence-electron chi connectivity index (χ3n) is 1.91. The number of carbonyl (C=O) groups is 1. The number of aromatic nitrogens is 1. The van der Waals surface area contributed by atoms with E-state index in [0.29, 0.717) is 10.6 Å². The van der Waals surface area contributed by atoms with Crippen LogP contribution in [-0.4, -0.2) is 29.4 Å². The number of nitrogens with zero attached hydrogens (tertiary/aromatic N) is 2. The molecule has 0 aliphatic rings. The van der Waals surface area contributed by atoms with Crippen molar-refractivity contribution in [2.75, 3.05) is 13.6 Å². The summed E-state index contributed by atoms with van der Waals surface area (Å²) in [5.74, 6) is -0.0562. The second-order valence-electron chi connectivity index (χ2n) is 3.08.